The van der Waals surface area contributed by atoms with Crippen molar-refractivity contribution < 1.29 is 8.83 Å². The zero-order valence-corrected chi connectivity index (χ0v) is 32.6. The molecule has 0 fully saturated rings. The van der Waals surface area contributed by atoms with Crippen LogP contribution in [0.25, 0.3) is 66.5 Å². The van der Waals surface area contributed by atoms with E-state index in [9.17, 15) is 0 Å². The lowest BCUT2D eigenvalue weighted by atomic mass is 9.67. The largest absolute Gasteiger partial charge is 0.456 e. The summed E-state index contributed by atoms with van der Waals surface area (Å²) in [6.07, 6.45) is 0. The van der Waals surface area contributed by atoms with Gasteiger partial charge < -0.3 is 13.7 Å². The Morgan fingerprint density at radius 3 is 1.47 bits per heavy atom. The van der Waals surface area contributed by atoms with Gasteiger partial charge in [-0.3, -0.25) is 0 Å². The van der Waals surface area contributed by atoms with Gasteiger partial charge in [0.2, 0.25) is 0 Å². The van der Waals surface area contributed by atoms with Crippen molar-refractivity contribution in [3.05, 3.63) is 247 Å². The number of furan rings is 2. The number of nitrogens with zero attached hydrogens (tertiary/aromatic N) is 1. The second kappa shape index (κ2) is 13.6. The SMILES string of the molecule is c1ccc(-c2ccc(N(c3ccc(-c4ccc5c(c4)-c4oc6ccccc6c4C5(c4ccccc4)c4ccccc4)cc3)c3ccc4c(c3)oc3ccccc34)cc2)cc1. The number of hydrogen-bond acceptors (Lipinski definition) is 3. The van der Waals surface area contributed by atoms with E-state index in [-0.39, 0.29) is 0 Å². The normalized spacial score (nSPS) is 12.8. The molecule has 9 aromatic carbocycles. The first-order valence-electron chi connectivity index (χ1n) is 20.5. The van der Waals surface area contributed by atoms with Crippen molar-refractivity contribution in [2.75, 3.05) is 4.90 Å². The molecular weight excluding hydrogens is 731 g/mol. The third kappa shape index (κ3) is 5.23. The van der Waals surface area contributed by atoms with Gasteiger partial charge in [-0.1, -0.05) is 164 Å². The second-order valence-corrected chi connectivity index (χ2v) is 15.6. The first kappa shape index (κ1) is 34.2. The van der Waals surface area contributed by atoms with Crippen molar-refractivity contribution in [3.8, 4) is 33.6 Å². The quantitative estimate of drug-likeness (QED) is 0.162. The average Bonchev–Trinajstić information content (AvgIpc) is 3.98. The molecule has 0 spiro atoms. The fraction of sp³-hybridized carbons (Fsp3) is 0.0175. The molecule has 1 aliphatic rings. The lowest BCUT2D eigenvalue weighted by Gasteiger charge is -2.33. The third-order valence-electron chi connectivity index (χ3n) is 12.4. The Kier molecular flexibility index (Phi) is 7.76. The molecule has 3 heteroatoms. The van der Waals surface area contributed by atoms with Gasteiger partial charge in [0.05, 0.1) is 5.41 Å². The van der Waals surface area contributed by atoms with Crippen LogP contribution >= 0.6 is 0 Å². The van der Waals surface area contributed by atoms with Crippen molar-refractivity contribution in [3.63, 3.8) is 0 Å². The van der Waals surface area contributed by atoms with Gasteiger partial charge in [0.15, 0.2) is 0 Å². The summed E-state index contributed by atoms with van der Waals surface area (Å²) >= 11 is 0. The molecule has 0 amide bonds. The fourth-order valence-corrected chi connectivity index (χ4v) is 9.66. The van der Waals surface area contributed by atoms with Gasteiger partial charge in [-0.25, -0.2) is 0 Å². The molecule has 2 heterocycles. The van der Waals surface area contributed by atoms with E-state index in [1.54, 1.807) is 0 Å². The molecular formula is C57H37NO2. The predicted octanol–water partition coefficient (Wildman–Crippen LogP) is 15.5. The van der Waals surface area contributed by atoms with Crippen LogP contribution in [-0.2, 0) is 5.41 Å². The Labute approximate surface area is 348 Å². The molecule has 12 rings (SSSR count). The van der Waals surface area contributed by atoms with Crippen LogP contribution in [-0.4, -0.2) is 0 Å². The van der Waals surface area contributed by atoms with Crippen LogP contribution in [0.3, 0.4) is 0 Å². The maximum Gasteiger partial charge on any atom is 0.140 e. The number of benzene rings is 9. The van der Waals surface area contributed by atoms with Crippen molar-refractivity contribution in [1.82, 2.24) is 0 Å². The van der Waals surface area contributed by atoms with Gasteiger partial charge in [0.25, 0.3) is 0 Å². The summed E-state index contributed by atoms with van der Waals surface area (Å²) in [5, 5.41) is 3.37. The van der Waals surface area contributed by atoms with Gasteiger partial charge in [-0.15, -0.1) is 0 Å². The highest BCUT2D eigenvalue weighted by Gasteiger charge is 2.49. The molecule has 0 aliphatic heterocycles. The molecule has 282 valence electrons. The Bertz CT molecular complexity index is 3310. The highest BCUT2D eigenvalue weighted by molar-refractivity contribution is 6.06. The highest BCUT2D eigenvalue weighted by Crippen LogP contribution is 2.59. The Morgan fingerprint density at radius 1 is 0.333 bits per heavy atom. The van der Waals surface area contributed by atoms with Crippen LogP contribution in [0, 0.1) is 0 Å². The summed E-state index contributed by atoms with van der Waals surface area (Å²) in [6, 6.07) is 80.2. The number of para-hydroxylation sites is 2. The van der Waals surface area contributed by atoms with Gasteiger partial charge in [-0.2, -0.15) is 0 Å². The maximum absolute atomic E-state index is 6.85. The fourth-order valence-electron chi connectivity index (χ4n) is 9.66. The van der Waals surface area contributed by atoms with Gasteiger partial charge in [0.1, 0.15) is 22.5 Å². The third-order valence-corrected chi connectivity index (χ3v) is 12.4. The molecule has 60 heavy (non-hydrogen) atoms. The Balaban J connectivity index is 0.987. The lowest BCUT2D eigenvalue weighted by Crippen LogP contribution is -2.28. The molecule has 0 radical (unpaired) electrons. The van der Waals surface area contributed by atoms with E-state index in [0.717, 1.165) is 72.4 Å². The minimum Gasteiger partial charge on any atom is -0.456 e. The molecule has 0 atom stereocenters. The van der Waals surface area contributed by atoms with E-state index in [2.05, 4.69) is 217 Å². The minimum atomic E-state index is -0.542. The smallest absolute Gasteiger partial charge is 0.140 e. The van der Waals surface area contributed by atoms with Crippen LogP contribution in [0.4, 0.5) is 17.1 Å². The summed E-state index contributed by atoms with van der Waals surface area (Å²) in [5.74, 6) is 0.934. The zero-order chi connectivity index (χ0) is 39.6. The summed E-state index contributed by atoms with van der Waals surface area (Å²) in [7, 11) is 0. The summed E-state index contributed by atoms with van der Waals surface area (Å²) in [6.45, 7) is 0. The molecule has 0 saturated heterocycles. The minimum absolute atomic E-state index is 0.542. The topological polar surface area (TPSA) is 29.5 Å². The van der Waals surface area contributed by atoms with E-state index >= 15 is 0 Å². The first-order chi connectivity index (χ1) is 29.7. The van der Waals surface area contributed by atoms with Crippen molar-refractivity contribution in [1.29, 1.82) is 0 Å². The van der Waals surface area contributed by atoms with Crippen molar-refractivity contribution in [2.45, 2.75) is 5.41 Å². The Morgan fingerprint density at radius 2 is 0.817 bits per heavy atom. The van der Waals surface area contributed by atoms with Crippen LogP contribution < -0.4 is 4.90 Å². The van der Waals surface area contributed by atoms with Crippen LogP contribution in [0.5, 0.6) is 0 Å². The maximum atomic E-state index is 6.85. The molecule has 0 saturated carbocycles. The molecule has 0 unspecified atom stereocenters. The molecule has 11 aromatic rings. The zero-order valence-electron chi connectivity index (χ0n) is 32.6. The average molecular weight is 768 g/mol. The summed E-state index contributed by atoms with van der Waals surface area (Å²) in [5.41, 5.74) is 15.9. The molecule has 0 N–H and O–H groups in total. The van der Waals surface area contributed by atoms with Gasteiger partial charge in [0, 0.05) is 50.4 Å². The van der Waals surface area contributed by atoms with Crippen molar-refractivity contribution >= 4 is 50.0 Å². The molecule has 3 nitrogen and oxygen atoms in total. The summed E-state index contributed by atoms with van der Waals surface area (Å²) < 4.78 is 13.2. The van der Waals surface area contributed by atoms with E-state index in [0.29, 0.717) is 0 Å². The molecule has 0 bridgehead atoms. The summed E-state index contributed by atoms with van der Waals surface area (Å²) in [4.78, 5) is 2.31. The number of anilines is 3. The molecule has 2 aromatic heterocycles. The van der Waals surface area contributed by atoms with E-state index < -0.39 is 5.41 Å². The van der Waals surface area contributed by atoms with Gasteiger partial charge in [-0.05, 0) is 93.5 Å². The molecule has 1 aliphatic carbocycles. The highest BCUT2D eigenvalue weighted by atomic mass is 16.3. The lowest BCUT2D eigenvalue weighted by molar-refractivity contribution is 0.628. The van der Waals surface area contributed by atoms with E-state index in [1.165, 1.54) is 33.4 Å². The second-order valence-electron chi connectivity index (χ2n) is 15.6. The van der Waals surface area contributed by atoms with E-state index in [1.807, 2.05) is 12.1 Å². The van der Waals surface area contributed by atoms with Gasteiger partial charge >= 0.3 is 0 Å². The number of rotatable bonds is 7. The standard InChI is InChI=1S/C57H37NO2/c1-4-14-38(15-5-1)39-24-29-44(30-25-39)58(46-33-34-48-47-20-10-12-22-52(47)59-54(48)37-46)45-31-26-40(27-32-45)41-28-35-51-50(36-41)56-55(49-21-11-13-23-53(49)60-56)57(51,42-16-6-2-7-17-42)43-18-8-3-9-19-43/h1-37H. The Hall–Kier alpha value is -7.88. The van der Waals surface area contributed by atoms with Crippen LogP contribution in [0.2, 0.25) is 0 Å². The predicted molar refractivity (Wildman–Crippen MR) is 246 cm³/mol. The monoisotopic (exact) mass is 767 g/mol. The number of hydrogen-bond donors (Lipinski definition) is 0. The van der Waals surface area contributed by atoms with Crippen LogP contribution in [0.1, 0.15) is 22.3 Å². The van der Waals surface area contributed by atoms with Crippen LogP contribution in [0.15, 0.2) is 233 Å². The van der Waals surface area contributed by atoms with E-state index in [4.69, 9.17) is 8.83 Å². The number of fused-ring (bicyclic) bond motifs is 8. The first-order valence-corrected chi connectivity index (χ1v) is 20.5. The van der Waals surface area contributed by atoms with Crippen molar-refractivity contribution in [2.24, 2.45) is 0 Å².